The van der Waals surface area contributed by atoms with E-state index in [1.54, 1.807) is 0 Å². The van der Waals surface area contributed by atoms with E-state index >= 15 is 0 Å². The van der Waals surface area contributed by atoms with Crippen molar-refractivity contribution in [3.8, 4) is 5.75 Å². The van der Waals surface area contributed by atoms with Gasteiger partial charge in [0.2, 0.25) is 5.91 Å². The number of hydrogen-bond acceptors (Lipinski definition) is 3. The summed E-state index contributed by atoms with van der Waals surface area (Å²) in [6.45, 7) is -1.78. The number of halogens is 4. The maximum atomic E-state index is 12.3. The second-order valence-corrected chi connectivity index (χ2v) is 5.42. The third-order valence-corrected chi connectivity index (χ3v) is 3.37. The van der Waals surface area contributed by atoms with Crippen molar-refractivity contribution in [1.82, 2.24) is 10.6 Å². The molecule has 0 radical (unpaired) electrons. The lowest BCUT2D eigenvalue weighted by Gasteiger charge is -2.12. The van der Waals surface area contributed by atoms with Crippen LogP contribution < -0.4 is 15.4 Å². The van der Waals surface area contributed by atoms with Gasteiger partial charge in [0, 0.05) is 17.1 Å². The van der Waals surface area contributed by atoms with E-state index in [0.717, 1.165) is 6.54 Å². The number of amides is 1. The van der Waals surface area contributed by atoms with Crippen LogP contribution in [0.4, 0.5) is 8.78 Å². The number of hydrogen-bond donors (Lipinski definition) is 2. The molecule has 124 valence electrons. The zero-order valence-electron chi connectivity index (χ0n) is 11.8. The van der Waals surface area contributed by atoms with Gasteiger partial charge >= 0.3 is 6.61 Å². The molecule has 0 atom stereocenters. The molecule has 0 heterocycles. The van der Waals surface area contributed by atoms with Crippen LogP contribution in [0.25, 0.3) is 0 Å². The molecule has 0 spiro atoms. The maximum Gasteiger partial charge on any atom is 0.387 e. The summed E-state index contributed by atoms with van der Waals surface area (Å²) in [4.78, 5) is 11.6. The molecule has 2 rings (SSSR count). The predicted octanol–water partition coefficient (Wildman–Crippen LogP) is 2.98. The Hall–Kier alpha value is -1.11. The van der Waals surface area contributed by atoms with Gasteiger partial charge in [-0.25, -0.2) is 0 Å². The molecule has 1 aromatic carbocycles. The Kier molecular flexibility index (Phi) is 7.85. The van der Waals surface area contributed by atoms with E-state index in [4.69, 9.17) is 11.6 Å². The lowest BCUT2D eigenvalue weighted by molar-refractivity contribution is -0.120. The molecule has 0 saturated heterocycles. The van der Waals surface area contributed by atoms with Crippen LogP contribution in [0.2, 0.25) is 5.02 Å². The van der Waals surface area contributed by atoms with Gasteiger partial charge in [-0.2, -0.15) is 8.78 Å². The van der Waals surface area contributed by atoms with Crippen molar-refractivity contribution in [2.24, 2.45) is 5.92 Å². The number of benzene rings is 1. The molecule has 1 amide bonds. The monoisotopic (exact) mass is 354 g/mol. The zero-order chi connectivity index (χ0) is 15.2. The van der Waals surface area contributed by atoms with E-state index < -0.39 is 6.61 Å². The summed E-state index contributed by atoms with van der Waals surface area (Å²) < 4.78 is 29.0. The second-order valence-electron chi connectivity index (χ2n) is 4.98. The smallest absolute Gasteiger partial charge is 0.387 e. The van der Waals surface area contributed by atoms with Gasteiger partial charge in [0.15, 0.2) is 0 Å². The van der Waals surface area contributed by atoms with Gasteiger partial charge in [-0.05, 0) is 43.5 Å². The van der Waals surface area contributed by atoms with E-state index in [1.807, 2.05) is 0 Å². The molecule has 1 fully saturated rings. The lowest BCUT2D eigenvalue weighted by atomic mass is 10.2. The standard InChI is InChI=1S/C14H17ClF2N2O2.ClH/c15-11-3-4-12(21-14(16)17)10(5-11)7-19-13(20)8-18-6-9-1-2-9;/h3-5,9,14,18H,1-2,6-8H2,(H,19,20);1H. The van der Waals surface area contributed by atoms with Crippen LogP contribution in [0, 0.1) is 5.92 Å². The van der Waals surface area contributed by atoms with Crippen LogP contribution in [-0.2, 0) is 11.3 Å². The maximum absolute atomic E-state index is 12.3. The fraction of sp³-hybridized carbons (Fsp3) is 0.500. The first-order valence-corrected chi connectivity index (χ1v) is 7.13. The minimum absolute atomic E-state index is 0. The number of nitrogens with one attached hydrogen (secondary N) is 2. The zero-order valence-corrected chi connectivity index (χ0v) is 13.4. The molecular weight excluding hydrogens is 337 g/mol. The second kappa shape index (κ2) is 9.12. The molecule has 0 bridgehead atoms. The van der Waals surface area contributed by atoms with Crippen LogP contribution in [0.1, 0.15) is 18.4 Å². The van der Waals surface area contributed by atoms with Crippen molar-refractivity contribution in [2.45, 2.75) is 26.0 Å². The molecule has 22 heavy (non-hydrogen) atoms. The van der Waals surface area contributed by atoms with E-state index in [2.05, 4.69) is 15.4 Å². The minimum atomic E-state index is -2.92. The third kappa shape index (κ3) is 6.77. The van der Waals surface area contributed by atoms with Crippen LogP contribution >= 0.6 is 24.0 Å². The van der Waals surface area contributed by atoms with Crippen molar-refractivity contribution in [2.75, 3.05) is 13.1 Å². The first-order valence-electron chi connectivity index (χ1n) is 6.75. The fourth-order valence-electron chi connectivity index (χ4n) is 1.87. The molecule has 1 saturated carbocycles. The van der Waals surface area contributed by atoms with E-state index in [-0.39, 0.29) is 37.2 Å². The van der Waals surface area contributed by atoms with Crippen LogP contribution in [0.3, 0.4) is 0 Å². The molecule has 1 aliphatic carbocycles. The molecule has 4 nitrogen and oxygen atoms in total. The predicted molar refractivity (Wildman–Crippen MR) is 82.8 cm³/mol. The molecular formula is C14H18Cl2F2N2O2. The Morgan fingerprint density at radius 3 is 2.77 bits per heavy atom. The Morgan fingerprint density at radius 2 is 2.14 bits per heavy atom. The fourth-order valence-corrected chi connectivity index (χ4v) is 2.06. The largest absolute Gasteiger partial charge is 0.434 e. The number of ether oxygens (including phenoxy) is 1. The number of carbonyl (C=O) groups is 1. The highest BCUT2D eigenvalue weighted by atomic mass is 35.5. The molecule has 1 aromatic rings. The molecule has 2 N–H and O–H groups in total. The summed E-state index contributed by atoms with van der Waals surface area (Å²) in [5, 5.41) is 6.10. The first kappa shape index (κ1) is 18.9. The van der Waals surface area contributed by atoms with Crippen molar-refractivity contribution in [3.05, 3.63) is 28.8 Å². The SMILES string of the molecule is Cl.O=C(CNCC1CC1)NCc1cc(Cl)ccc1OC(F)F. The average molecular weight is 355 g/mol. The summed E-state index contributed by atoms with van der Waals surface area (Å²) in [6, 6.07) is 4.32. The molecule has 1 aliphatic rings. The van der Waals surface area contributed by atoms with E-state index in [9.17, 15) is 13.6 Å². The van der Waals surface area contributed by atoms with Crippen molar-refractivity contribution >= 4 is 29.9 Å². The Morgan fingerprint density at radius 1 is 1.41 bits per heavy atom. The Balaban J connectivity index is 0.00000242. The highest BCUT2D eigenvalue weighted by Crippen LogP contribution is 2.27. The van der Waals surface area contributed by atoms with Gasteiger partial charge in [0.25, 0.3) is 0 Å². The number of rotatable bonds is 8. The minimum Gasteiger partial charge on any atom is -0.434 e. The average Bonchev–Trinajstić information content (AvgIpc) is 3.22. The number of alkyl halides is 2. The normalized spacial score (nSPS) is 13.6. The highest BCUT2D eigenvalue weighted by molar-refractivity contribution is 6.30. The molecule has 0 aromatic heterocycles. The van der Waals surface area contributed by atoms with Gasteiger partial charge in [0.05, 0.1) is 6.54 Å². The summed E-state index contributed by atoms with van der Waals surface area (Å²) in [7, 11) is 0. The van der Waals surface area contributed by atoms with Gasteiger partial charge in [-0.3, -0.25) is 4.79 Å². The number of carbonyl (C=O) groups excluding carboxylic acids is 1. The van der Waals surface area contributed by atoms with E-state index in [0.29, 0.717) is 16.5 Å². The van der Waals surface area contributed by atoms with Crippen molar-refractivity contribution < 1.29 is 18.3 Å². The lowest BCUT2D eigenvalue weighted by Crippen LogP contribution is -2.34. The molecule has 0 unspecified atom stereocenters. The summed E-state index contributed by atoms with van der Waals surface area (Å²) in [6.07, 6.45) is 2.43. The van der Waals surface area contributed by atoms with Gasteiger partial charge < -0.3 is 15.4 Å². The van der Waals surface area contributed by atoms with Crippen molar-refractivity contribution in [3.63, 3.8) is 0 Å². The van der Waals surface area contributed by atoms with Gasteiger partial charge in [-0.15, -0.1) is 12.4 Å². The van der Waals surface area contributed by atoms with Gasteiger partial charge in [0.1, 0.15) is 5.75 Å². The summed E-state index contributed by atoms with van der Waals surface area (Å²) in [5.41, 5.74) is 0.415. The van der Waals surface area contributed by atoms with Crippen LogP contribution in [-0.4, -0.2) is 25.6 Å². The van der Waals surface area contributed by atoms with Crippen LogP contribution in [0.15, 0.2) is 18.2 Å². The molecule has 0 aliphatic heterocycles. The Bertz CT molecular complexity index is 500. The summed E-state index contributed by atoms with van der Waals surface area (Å²) in [5.74, 6) is 0.510. The Labute approximate surface area is 139 Å². The third-order valence-electron chi connectivity index (χ3n) is 3.13. The highest BCUT2D eigenvalue weighted by Gasteiger charge is 2.20. The van der Waals surface area contributed by atoms with Crippen LogP contribution in [0.5, 0.6) is 5.75 Å². The van der Waals surface area contributed by atoms with Crippen molar-refractivity contribution in [1.29, 1.82) is 0 Å². The molecule has 8 heteroatoms. The van der Waals surface area contributed by atoms with Gasteiger partial charge in [-0.1, -0.05) is 11.6 Å². The van der Waals surface area contributed by atoms with E-state index in [1.165, 1.54) is 31.0 Å². The summed E-state index contributed by atoms with van der Waals surface area (Å²) >= 11 is 5.83. The first-order chi connectivity index (χ1) is 10.0. The quantitative estimate of drug-likeness (QED) is 0.754. The topological polar surface area (TPSA) is 50.4 Å².